The number of hydrogen-bond acceptors (Lipinski definition) is 3. The maximum atomic E-state index is 6.11. The molecule has 0 spiro atoms. The lowest BCUT2D eigenvalue weighted by Crippen LogP contribution is -2.53. The van der Waals surface area contributed by atoms with Crippen LogP contribution in [0.25, 0.3) is 0 Å². The predicted molar refractivity (Wildman–Crippen MR) is 64.5 cm³/mol. The standard InChI is InChI=1S/C10H15BrN2S/c11-8-2-5-14-9(8)6-13-7-10(12)3-1-4-10/h2,5,13H,1,3-4,6-7,12H2. The van der Waals surface area contributed by atoms with Crippen LogP contribution >= 0.6 is 27.3 Å². The Balaban J connectivity index is 1.75. The molecule has 1 aliphatic carbocycles. The van der Waals surface area contributed by atoms with Crippen LogP contribution in [0.2, 0.25) is 0 Å². The number of nitrogens with one attached hydrogen (secondary N) is 1. The maximum Gasteiger partial charge on any atom is 0.0327 e. The molecule has 0 aromatic carbocycles. The molecular formula is C10H15BrN2S. The van der Waals surface area contributed by atoms with Crippen LogP contribution in [0, 0.1) is 0 Å². The fourth-order valence-electron chi connectivity index (χ4n) is 1.68. The molecule has 0 radical (unpaired) electrons. The van der Waals surface area contributed by atoms with Gasteiger partial charge in [0.25, 0.3) is 0 Å². The van der Waals surface area contributed by atoms with Gasteiger partial charge in [-0.25, -0.2) is 0 Å². The molecule has 14 heavy (non-hydrogen) atoms. The van der Waals surface area contributed by atoms with Crippen molar-refractivity contribution in [2.24, 2.45) is 5.73 Å². The number of halogens is 1. The molecule has 1 aromatic heterocycles. The fourth-order valence-corrected chi connectivity index (χ4v) is 3.15. The van der Waals surface area contributed by atoms with Crippen molar-refractivity contribution in [3.8, 4) is 0 Å². The molecule has 2 rings (SSSR count). The van der Waals surface area contributed by atoms with Gasteiger partial charge in [-0.05, 0) is 46.6 Å². The summed E-state index contributed by atoms with van der Waals surface area (Å²) in [7, 11) is 0. The maximum absolute atomic E-state index is 6.11. The average molecular weight is 275 g/mol. The third kappa shape index (κ3) is 2.37. The van der Waals surface area contributed by atoms with E-state index >= 15 is 0 Å². The molecule has 0 bridgehead atoms. The average Bonchev–Trinajstić information content (AvgIpc) is 2.49. The summed E-state index contributed by atoms with van der Waals surface area (Å²) < 4.78 is 1.20. The summed E-state index contributed by atoms with van der Waals surface area (Å²) in [5.41, 5.74) is 6.20. The minimum Gasteiger partial charge on any atom is -0.324 e. The molecule has 0 unspecified atom stereocenters. The van der Waals surface area contributed by atoms with Gasteiger partial charge < -0.3 is 11.1 Å². The molecule has 4 heteroatoms. The molecule has 1 aromatic rings. The number of rotatable bonds is 4. The molecule has 78 valence electrons. The molecule has 1 aliphatic rings. The highest BCUT2D eigenvalue weighted by molar-refractivity contribution is 9.10. The van der Waals surface area contributed by atoms with Gasteiger partial charge in [0.1, 0.15) is 0 Å². The SMILES string of the molecule is NC1(CNCc2sccc2Br)CCC1. The van der Waals surface area contributed by atoms with Crippen molar-refractivity contribution in [1.29, 1.82) is 0 Å². The van der Waals surface area contributed by atoms with E-state index in [4.69, 9.17) is 5.73 Å². The van der Waals surface area contributed by atoms with Gasteiger partial charge >= 0.3 is 0 Å². The van der Waals surface area contributed by atoms with E-state index in [1.165, 1.54) is 28.6 Å². The van der Waals surface area contributed by atoms with E-state index in [-0.39, 0.29) is 5.54 Å². The highest BCUT2D eigenvalue weighted by atomic mass is 79.9. The van der Waals surface area contributed by atoms with Crippen molar-refractivity contribution < 1.29 is 0 Å². The van der Waals surface area contributed by atoms with Crippen LogP contribution in [0.5, 0.6) is 0 Å². The molecule has 2 nitrogen and oxygen atoms in total. The first-order chi connectivity index (χ1) is 6.70. The summed E-state index contributed by atoms with van der Waals surface area (Å²) in [4.78, 5) is 1.35. The van der Waals surface area contributed by atoms with E-state index in [0.29, 0.717) is 0 Å². The molecule has 3 N–H and O–H groups in total. The Morgan fingerprint density at radius 3 is 2.86 bits per heavy atom. The summed E-state index contributed by atoms with van der Waals surface area (Å²) in [5, 5.41) is 5.53. The Labute approximate surface area is 97.0 Å². The minimum absolute atomic E-state index is 0.0870. The third-order valence-electron chi connectivity index (χ3n) is 2.80. The van der Waals surface area contributed by atoms with Gasteiger partial charge in [0.05, 0.1) is 0 Å². The zero-order valence-corrected chi connectivity index (χ0v) is 10.5. The van der Waals surface area contributed by atoms with E-state index in [9.17, 15) is 0 Å². The van der Waals surface area contributed by atoms with Crippen LogP contribution in [0.15, 0.2) is 15.9 Å². The number of nitrogens with two attached hydrogens (primary N) is 1. The molecule has 1 fully saturated rings. The van der Waals surface area contributed by atoms with E-state index < -0.39 is 0 Å². The van der Waals surface area contributed by atoms with Crippen molar-refractivity contribution in [3.05, 3.63) is 20.8 Å². The summed E-state index contributed by atoms with van der Waals surface area (Å²) in [6.07, 6.45) is 3.64. The van der Waals surface area contributed by atoms with Gasteiger partial charge in [0.15, 0.2) is 0 Å². The van der Waals surface area contributed by atoms with Crippen molar-refractivity contribution in [2.75, 3.05) is 6.54 Å². The molecule has 0 aliphatic heterocycles. The van der Waals surface area contributed by atoms with Gasteiger partial charge in [-0.3, -0.25) is 0 Å². The predicted octanol–water partition coefficient (Wildman–Crippen LogP) is 2.48. The highest BCUT2D eigenvalue weighted by Gasteiger charge is 2.31. The monoisotopic (exact) mass is 274 g/mol. The van der Waals surface area contributed by atoms with Gasteiger partial charge in [-0.2, -0.15) is 0 Å². The second-order valence-electron chi connectivity index (χ2n) is 4.01. The lowest BCUT2D eigenvalue weighted by Gasteiger charge is -2.38. The highest BCUT2D eigenvalue weighted by Crippen LogP contribution is 2.28. The van der Waals surface area contributed by atoms with Crippen LogP contribution in [0.1, 0.15) is 24.1 Å². The summed E-state index contributed by atoms with van der Waals surface area (Å²) in [6, 6.07) is 2.09. The zero-order chi connectivity index (χ0) is 10.0. The third-order valence-corrected chi connectivity index (χ3v) is 4.73. The van der Waals surface area contributed by atoms with Crippen LogP contribution < -0.4 is 11.1 Å². The van der Waals surface area contributed by atoms with Gasteiger partial charge in [-0.15, -0.1) is 11.3 Å². The molecule has 1 heterocycles. The molecule has 1 saturated carbocycles. The second-order valence-corrected chi connectivity index (χ2v) is 5.87. The van der Waals surface area contributed by atoms with Crippen molar-refractivity contribution in [2.45, 2.75) is 31.3 Å². The second kappa shape index (κ2) is 4.31. The summed E-state index contributed by atoms with van der Waals surface area (Å²) >= 11 is 5.29. The largest absolute Gasteiger partial charge is 0.324 e. The Morgan fingerprint density at radius 2 is 2.36 bits per heavy atom. The zero-order valence-electron chi connectivity index (χ0n) is 8.05. The van der Waals surface area contributed by atoms with E-state index in [1.807, 2.05) is 0 Å². The van der Waals surface area contributed by atoms with Gasteiger partial charge in [0.2, 0.25) is 0 Å². The Bertz CT molecular complexity index is 307. The quantitative estimate of drug-likeness (QED) is 0.886. The minimum atomic E-state index is 0.0870. The molecule has 0 saturated heterocycles. The topological polar surface area (TPSA) is 38.0 Å². The first-order valence-corrected chi connectivity index (χ1v) is 6.58. The van der Waals surface area contributed by atoms with Gasteiger partial charge in [-0.1, -0.05) is 0 Å². The van der Waals surface area contributed by atoms with Crippen LogP contribution in [-0.4, -0.2) is 12.1 Å². The fraction of sp³-hybridized carbons (Fsp3) is 0.600. The van der Waals surface area contributed by atoms with Crippen LogP contribution in [-0.2, 0) is 6.54 Å². The first-order valence-electron chi connectivity index (χ1n) is 4.91. The van der Waals surface area contributed by atoms with Crippen molar-refractivity contribution >= 4 is 27.3 Å². The van der Waals surface area contributed by atoms with Gasteiger partial charge in [0, 0.05) is 28.0 Å². The Hall–Kier alpha value is 0.100. The first kappa shape index (κ1) is 10.6. The molecular weight excluding hydrogens is 260 g/mol. The smallest absolute Gasteiger partial charge is 0.0327 e. The summed E-state index contributed by atoms with van der Waals surface area (Å²) in [5.74, 6) is 0. The Kier molecular flexibility index (Phi) is 3.27. The number of hydrogen-bond donors (Lipinski definition) is 2. The van der Waals surface area contributed by atoms with E-state index in [1.54, 1.807) is 11.3 Å². The van der Waals surface area contributed by atoms with Crippen molar-refractivity contribution in [1.82, 2.24) is 5.32 Å². The lowest BCUT2D eigenvalue weighted by molar-refractivity contribution is 0.239. The molecule has 0 atom stereocenters. The number of thiophene rings is 1. The molecule has 0 amide bonds. The normalized spacial score (nSPS) is 19.3. The van der Waals surface area contributed by atoms with E-state index in [2.05, 4.69) is 32.7 Å². The van der Waals surface area contributed by atoms with E-state index in [0.717, 1.165) is 13.1 Å². The van der Waals surface area contributed by atoms with Crippen molar-refractivity contribution in [3.63, 3.8) is 0 Å². The lowest BCUT2D eigenvalue weighted by atomic mass is 9.78. The summed E-state index contributed by atoms with van der Waals surface area (Å²) in [6.45, 7) is 1.87. The van der Waals surface area contributed by atoms with Crippen LogP contribution in [0.4, 0.5) is 0 Å². The van der Waals surface area contributed by atoms with Crippen LogP contribution in [0.3, 0.4) is 0 Å². The Morgan fingerprint density at radius 1 is 1.57 bits per heavy atom.